The smallest absolute Gasteiger partial charge is 0.241 e. The van der Waals surface area contributed by atoms with Crippen LogP contribution in [0.1, 0.15) is 39.5 Å². The number of hydrogen-bond acceptors (Lipinski definition) is 5. The lowest BCUT2D eigenvalue weighted by molar-refractivity contribution is -0.118. The summed E-state index contributed by atoms with van der Waals surface area (Å²) in [5, 5.41) is 2.62. The van der Waals surface area contributed by atoms with E-state index in [1.54, 1.807) is 12.1 Å². The van der Waals surface area contributed by atoms with Crippen LogP contribution < -0.4 is 14.9 Å². The van der Waals surface area contributed by atoms with Crippen LogP contribution in [0.4, 0.5) is 11.4 Å². The molecule has 0 radical (unpaired) electrons. The molecular formula is C20H33N3O4S. The Labute approximate surface area is 168 Å². The molecule has 0 bridgehead atoms. The Morgan fingerprint density at radius 1 is 1.14 bits per heavy atom. The van der Waals surface area contributed by atoms with E-state index < -0.39 is 21.7 Å². The molecule has 1 saturated heterocycles. The van der Waals surface area contributed by atoms with Gasteiger partial charge in [0.15, 0.2) is 0 Å². The zero-order chi connectivity index (χ0) is 20.4. The minimum absolute atomic E-state index is 0.400. The standard InChI is InChI=1S/C20H33N3O4S/c1-17(2)15-27-14-6-11-21-20(24)16-28(25,26)22-18-7-9-19(10-8-18)23-12-4-3-5-13-23/h7-10,17,22H,3-6,11-16H2,1-2H3,(H,21,24). The predicted molar refractivity (Wildman–Crippen MR) is 113 cm³/mol. The first-order valence-corrected chi connectivity index (χ1v) is 11.7. The Morgan fingerprint density at radius 2 is 1.82 bits per heavy atom. The van der Waals surface area contributed by atoms with Crippen molar-refractivity contribution in [2.75, 3.05) is 48.2 Å². The van der Waals surface area contributed by atoms with Crippen LogP contribution in [0.15, 0.2) is 24.3 Å². The van der Waals surface area contributed by atoms with Crippen molar-refractivity contribution in [3.05, 3.63) is 24.3 Å². The highest BCUT2D eigenvalue weighted by Crippen LogP contribution is 2.22. The van der Waals surface area contributed by atoms with Crippen LogP contribution in [0.3, 0.4) is 0 Å². The number of anilines is 2. The maximum atomic E-state index is 12.2. The predicted octanol–water partition coefficient (Wildman–Crippen LogP) is 2.60. The molecule has 0 unspecified atom stereocenters. The van der Waals surface area contributed by atoms with Gasteiger partial charge in [0.1, 0.15) is 5.75 Å². The summed E-state index contributed by atoms with van der Waals surface area (Å²) in [6.45, 7) is 7.84. The van der Waals surface area contributed by atoms with Gasteiger partial charge in [0.05, 0.1) is 0 Å². The zero-order valence-corrected chi connectivity index (χ0v) is 17.8. The van der Waals surface area contributed by atoms with Gasteiger partial charge in [0, 0.05) is 44.2 Å². The summed E-state index contributed by atoms with van der Waals surface area (Å²) in [7, 11) is -3.74. The fourth-order valence-corrected chi connectivity index (χ4v) is 4.07. The van der Waals surface area contributed by atoms with Gasteiger partial charge in [-0.15, -0.1) is 0 Å². The van der Waals surface area contributed by atoms with Gasteiger partial charge >= 0.3 is 0 Å². The monoisotopic (exact) mass is 411 g/mol. The van der Waals surface area contributed by atoms with Crippen molar-refractivity contribution < 1.29 is 17.9 Å². The first-order valence-electron chi connectivity index (χ1n) is 10.1. The highest BCUT2D eigenvalue weighted by atomic mass is 32.2. The highest BCUT2D eigenvalue weighted by Gasteiger charge is 2.17. The number of nitrogens with zero attached hydrogens (tertiary/aromatic N) is 1. The molecule has 0 aromatic heterocycles. The Kier molecular flexibility index (Phi) is 9.05. The van der Waals surface area contributed by atoms with Crippen LogP contribution in [0.25, 0.3) is 0 Å². The van der Waals surface area contributed by atoms with E-state index in [-0.39, 0.29) is 0 Å². The Hall–Kier alpha value is -1.80. The molecule has 1 aromatic rings. The topological polar surface area (TPSA) is 87.7 Å². The lowest BCUT2D eigenvalue weighted by atomic mass is 10.1. The SMILES string of the molecule is CC(C)COCCCNC(=O)CS(=O)(=O)Nc1ccc(N2CCCCC2)cc1. The van der Waals surface area contributed by atoms with Gasteiger partial charge in [-0.1, -0.05) is 13.8 Å². The average Bonchev–Trinajstić information content (AvgIpc) is 2.65. The number of carbonyl (C=O) groups excluding carboxylic acids is 1. The minimum Gasteiger partial charge on any atom is -0.381 e. The maximum Gasteiger partial charge on any atom is 0.241 e. The largest absolute Gasteiger partial charge is 0.381 e. The summed E-state index contributed by atoms with van der Waals surface area (Å²) in [4.78, 5) is 14.2. The summed E-state index contributed by atoms with van der Waals surface area (Å²) in [5.74, 6) is -0.630. The number of hydrogen-bond donors (Lipinski definition) is 2. The highest BCUT2D eigenvalue weighted by molar-refractivity contribution is 7.93. The van der Waals surface area contributed by atoms with Crippen LogP contribution in [0, 0.1) is 5.92 Å². The normalized spacial score (nSPS) is 14.9. The third kappa shape index (κ3) is 8.48. The van der Waals surface area contributed by atoms with Gasteiger partial charge in [0.2, 0.25) is 15.9 Å². The third-order valence-electron chi connectivity index (χ3n) is 4.42. The summed E-state index contributed by atoms with van der Waals surface area (Å²) >= 11 is 0. The second kappa shape index (κ2) is 11.3. The number of nitrogens with one attached hydrogen (secondary N) is 2. The number of rotatable bonds is 11. The summed E-state index contributed by atoms with van der Waals surface area (Å²) in [6.07, 6.45) is 4.30. The number of piperidine rings is 1. The first-order chi connectivity index (χ1) is 13.4. The fraction of sp³-hybridized carbons (Fsp3) is 0.650. The van der Waals surface area contributed by atoms with Crippen molar-refractivity contribution in [1.29, 1.82) is 0 Å². The van der Waals surface area contributed by atoms with Gasteiger partial charge in [-0.05, 0) is 55.9 Å². The van der Waals surface area contributed by atoms with Gasteiger partial charge in [-0.2, -0.15) is 0 Å². The quantitative estimate of drug-likeness (QED) is 0.547. The van der Waals surface area contributed by atoms with E-state index in [2.05, 4.69) is 28.8 Å². The van der Waals surface area contributed by atoms with Gasteiger partial charge in [-0.3, -0.25) is 9.52 Å². The molecule has 0 aliphatic carbocycles. The first kappa shape index (κ1) is 22.5. The molecule has 0 saturated carbocycles. The molecule has 1 fully saturated rings. The molecule has 1 aliphatic heterocycles. The van der Waals surface area contributed by atoms with E-state index in [0.717, 1.165) is 18.8 Å². The minimum atomic E-state index is -3.74. The fourth-order valence-electron chi connectivity index (χ4n) is 3.05. The van der Waals surface area contributed by atoms with Crippen LogP contribution >= 0.6 is 0 Å². The number of ether oxygens (including phenoxy) is 1. The van der Waals surface area contributed by atoms with Crippen LogP contribution in [0.5, 0.6) is 0 Å². The molecule has 158 valence electrons. The van der Waals surface area contributed by atoms with Gasteiger partial charge in [-0.25, -0.2) is 8.42 Å². The molecule has 1 heterocycles. The summed E-state index contributed by atoms with van der Waals surface area (Å²) < 4.78 is 32.3. The van der Waals surface area contributed by atoms with Crippen molar-refractivity contribution in [2.24, 2.45) is 5.92 Å². The van der Waals surface area contributed by atoms with E-state index in [1.165, 1.54) is 19.3 Å². The summed E-state index contributed by atoms with van der Waals surface area (Å²) in [5.41, 5.74) is 1.57. The molecule has 2 N–H and O–H groups in total. The van der Waals surface area contributed by atoms with Crippen molar-refractivity contribution in [3.63, 3.8) is 0 Å². The molecule has 2 rings (SSSR count). The van der Waals surface area contributed by atoms with E-state index in [4.69, 9.17) is 4.74 Å². The molecule has 7 nitrogen and oxygen atoms in total. The molecule has 8 heteroatoms. The molecule has 1 amide bonds. The van der Waals surface area contributed by atoms with Crippen molar-refractivity contribution in [2.45, 2.75) is 39.5 Å². The van der Waals surface area contributed by atoms with E-state index in [9.17, 15) is 13.2 Å². The summed E-state index contributed by atoms with van der Waals surface area (Å²) in [6, 6.07) is 7.32. The average molecular weight is 412 g/mol. The molecule has 1 aliphatic rings. The van der Waals surface area contributed by atoms with Crippen LogP contribution in [-0.2, 0) is 19.6 Å². The molecular weight excluding hydrogens is 378 g/mol. The molecule has 0 spiro atoms. The van der Waals surface area contributed by atoms with Gasteiger partial charge < -0.3 is 15.0 Å². The second-order valence-corrected chi connectivity index (χ2v) is 9.35. The molecule has 28 heavy (non-hydrogen) atoms. The lowest BCUT2D eigenvalue weighted by Crippen LogP contribution is -2.33. The third-order valence-corrected chi connectivity index (χ3v) is 5.61. The molecule has 0 atom stereocenters. The van der Waals surface area contributed by atoms with E-state index in [0.29, 0.717) is 37.8 Å². The number of sulfonamides is 1. The van der Waals surface area contributed by atoms with Crippen molar-refractivity contribution >= 4 is 27.3 Å². The Balaban J connectivity index is 1.72. The van der Waals surface area contributed by atoms with E-state index in [1.807, 2.05) is 12.1 Å². The molecule has 1 aromatic carbocycles. The van der Waals surface area contributed by atoms with Crippen LogP contribution in [0.2, 0.25) is 0 Å². The maximum absolute atomic E-state index is 12.2. The zero-order valence-electron chi connectivity index (χ0n) is 16.9. The Bertz CT molecular complexity index is 699. The van der Waals surface area contributed by atoms with Crippen molar-refractivity contribution in [1.82, 2.24) is 5.32 Å². The lowest BCUT2D eigenvalue weighted by Gasteiger charge is -2.28. The number of carbonyl (C=O) groups is 1. The van der Waals surface area contributed by atoms with Gasteiger partial charge in [0.25, 0.3) is 0 Å². The number of amides is 1. The van der Waals surface area contributed by atoms with E-state index >= 15 is 0 Å². The second-order valence-electron chi connectivity index (χ2n) is 7.63. The Morgan fingerprint density at radius 3 is 2.46 bits per heavy atom. The van der Waals surface area contributed by atoms with Crippen LogP contribution in [-0.4, -0.2) is 52.9 Å². The van der Waals surface area contributed by atoms with Crippen molar-refractivity contribution in [3.8, 4) is 0 Å². The number of benzene rings is 1.